The Bertz CT molecular complexity index is 684. The molecule has 0 aromatic carbocycles. The third-order valence-electron chi connectivity index (χ3n) is 2.10. The first-order valence-electron chi connectivity index (χ1n) is 4.21. The van der Waals surface area contributed by atoms with Gasteiger partial charge < -0.3 is 0 Å². The van der Waals surface area contributed by atoms with Crippen molar-refractivity contribution in [2.45, 2.75) is 11.3 Å². The molecule has 17 heavy (non-hydrogen) atoms. The smallest absolute Gasteiger partial charge is 0.229 e. The van der Waals surface area contributed by atoms with Crippen molar-refractivity contribution >= 4 is 36.9 Å². The fourth-order valence-electron chi connectivity index (χ4n) is 1.41. The summed E-state index contributed by atoms with van der Waals surface area (Å²) < 4.78 is 48.6. The van der Waals surface area contributed by atoms with Crippen molar-refractivity contribution in [1.29, 1.82) is 0 Å². The average molecular weight is 301 g/mol. The van der Waals surface area contributed by atoms with Crippen molar-refractivity contribution in [1.82, 2.24) is 9.61 Å². The van der Waals surface area contributed by atoms with E-state index in [1.165, 1.54) is 12.1 Å². The number of pyridine rings is 1. The van der Waals surface area contributed by atoms with Crippen molar-refractivity contribution in [3.63, 3.8) is 0 Å². The van der Waals surface area contributed by atoms with Gasteiger partial charge in [-0.3, -0.25) is 0 Å². The maximum Gasteiger partial charge on any atom is 0.281 e. The summed E-state index contributed by atoms with van der Waals surface area (Å²) in [5.74, 6) is 0. The summed E-state index contributed by atoms with van der Waals surface area (Å²) in [5, 5.41) is 3.36. The van der Waals surface area contributed by atoms with Gasteiger partial charge in [0.15, 0.2) is 0 Å². The van der Waals surface area contributed by atoms with Crippen LogP contribution < -0.4 is 0 Å². The summed E-state index contributed by atoms with van der Waals surface area (Å²) in [7, 11) is 1.11. The molecule has 92 valence electrons. The Kier molecular flexibility index (Phi) is 3.01. The van der Waals surface area contributed by atoms with Crippen LogP contribution >= 0.6 is 22.3 Å². The first-order valence-corrected chi connectivity index (χ1v) is 6.90. The first kappa shape index (κ1) is 12.5. The van der Waals surface area contributed by atoms with Gasteiger partial charge >= 0.3 is 0 Å². The minimum Gasteiger partial charge on any atom is -0.229 e. The number of hydrogen-bond acceptors (Lipinski definition) is 3. The van der Waals surface area contributed by atoms with Gasteiger partial charge in [-0.25, -0.2) is 21.7 Å². The highest BCUT2D eigenvalue weighted by Crippen LogP contribution is 2.30. The third kappa shape index (κ3) is 2.10. The zero-order valence-corrected chi connectivity index (χ0v) is 10.3. The van der Waals surface area contributed by atoms with Crippen molar-refractivity contribution in [3.05, 3.63) is 29.0 Å². The molecule has 0 atom stereocenters. The van der Waals surface area contributed by atoms with Crippen LogP contribution in [-0.2, 0) is 9.05 Å². The van der Waals surface area contributed by atoms with E-state index in [1.807, 2.05) is 0 Å². The average Bonchev–Trinajstić information content (AvgIpc) is 2.59. The van der Waals surface area contributed by atoms with Gasteiger partial charge in [-0.2, -0.15) is 5.10 Å². The number of hydrogen-bond donors (Lipinski definition) is 0. The zero-order valence-electron chi connectivity index (χ0n) is 7.94. The molecule has 2 aromatic rings. The molecule has 0 saturated heterocycles. The molecule has 0 N–H and O–H groups in total. The lowest BCUT2D eigenvalue weighted by Gasteiger charge is -2.05. The molecular weight excluding hydrogens is 297 g/mol. The number of nitrogens with zero attached hydrogens (tertiary/aromatic N) is 2. The topological polar surface area (TPSA) is 51.4 Å². The van der Waals surface area contributed by atoms with Gasteiger partial charge in [-0.15, -0.1) is 0 Å². The maximum atomic E-state index is 12.7. The lowest BCUT2D eigenvalue weighted by atomic mass is 10.3. The highest BCUT2D eigenvalue weighted by molar-refractivity contribution is 8.13. The minimum absolute atomic E-state index is 0.0419. The number of alkyl halides is 2. The van der Waals surface area contributed by atoms with Crippen molar-refractivity contribution in [2.24, 2.45) is 0 Å². The van der Waals surface area contributed by atoms with Gasteiger partial charge in [0, 0.05) is 10.7 Å². The van der Waals surface area contributed by atoms with E-state index in [9.17, 15) is 17.2 Å². The largest absolute Gasteiger partial charge is 0.281 e. The van der Waals surface area contributed by atoms with Crippen molar-refractivity contribution < 1.29 is 17.2 Å². The molecule has 0 spiro atoms. The van der Waals surface area contributed by atoms with Crippen LogP contribution in [0.3, 0.4) is 0 Å². The lowest BCUT2D eigenvalue weighted by molar-refractivity contribution is 0.143. The number of aromatic nitrogens is 2. The minimum atomic E-state index is -4.04. The van der Waals surface area contributed by atoms with Crippen LogP contribution in [0, 0.1) is 0 Å². The second-order valence-corrected chi connectivity index (χ2v) is 6.05. The van der Waals surface area contributed by atoms with Gasteiger partial charge in [0.1, 0.15) is 10.6 Å². The standard InChI is InChI=1S/C8H4Cl2F2N2O2S/c9-4-1-2-5-6(17(10,15)16)3-13-14(5)7(4)8(11)12/h1-3,8H. The molecule has 9 heteroatoms. The van der Waals surface area contributed by atoms with E-state index in [0.29, 0.717) is 0 Å². The summed E-state index contributed by atoms with van der Waals surface area (Å²) >= 11 is 5.60. The van der Waals surface area contributed by atoms with Gasteiger partial charge in [-0.1, -0.05) is 11.6 Å². The molecule has 2 aromatic heterocycles. The number of rotatable bonds is 2. The van der Waals surface area contributed by atoms with E-state index in [4.69, 9.17) is 22.3 Å². The summed E-state index contributed by atoms with van der Waals surface area (Å²) in [5.41, 5.74) is -0.615. The zero-order chi connectivity index (χ0) is 12.8. The quantitative estimate of drug-likeness (QED) is 0.801. The number of fused-ring (bicyclic) bond motifs is 1. The van der Waals surface area contributed by atoms with E-state index < -0.39 is 21.2 Å². The maximum absolute atomic E-state index is 12.7. The first-order chi connectivity index (χ1) is 7.82. The highest BCUT2D eigenvalue weighted by atomic mass is 35.7. The van der Waals surface area contributed by atoms with Crippen LogP contribution in [0.1, 0.15) is 12.1 Å². The van der Waals surface area contributed by atoms with E-state index in [0.717, 1.165) is 10.7 Å². The predicted molar refractivity (Wildman–Crippen MR) is 58.2 cm³/mol. The van der Waals surface area contributed by atoms with Crippen LogP contribution in [-0.4, -0.2) is 18.0 Å². The predicted octanol–water partition coefficient (Wildman–Crippen LogP) is 2.85. The van der Waals surface area contributed by atoms with E-state index in [2.05, 4.69) is 5.10 Å². The van der Waals surface area contributed by atoms with Crippen LogP contribution in [0.2, 0.25) is 5.02 Å². The summed E-state index contributed by atoms with van der Waals surface area (Å²) in [6, 6.07) is 2.43. The van der Waals surface area contributed by atoms with E-state index >= 15 is 0 Å². The number of halogens is 4. The highest BCUT2D eigenvalue weighted by Gasteiger charge is 2.22. The lowest BCUT2D eigenvalue weighted by Crippen LogP contribution is -2.00. The Labute approximate surface area is 104 Å². The van der Waals surface area contributed by atoms with Gasteiger partial charge in [-0.05, 0) is 12.1 Å². The monoisotopic (exact) mass is 300 g/mol. The molecule has 0 aliphatic rings. The molecule has 0 bridgehead atoms. The van der Waals surface area contributed by atoms with Crippen LogP contribution in [0.25, 0.3) is 5.52 Å². The molecule has 2 heterocycles. The van der Waals surface area contributed by atoms with Gasteiger partial charge in [0.05, 0.1) is 16.7 Å². The second kappa shape index (κ2) is 4.08. The van der Waals surface area contributed by atoms with Crippen molar-refractivity contribution in [3.8, 4) is 0 Å². The molecule has 0 radical (unpaired) electrons. The second-order valence-electron chi connectivity index (χ2n) is 3.11. The Hall–Kier alpha value is -0.920. The molecule has 0 aliphatic carbocycles. The Morgan fingerprint density at radius 1 is 1.35 bits per heavy atom. The fraction of sp³-hybridized carbons (Fsp3) is 0.125. The van der Waals surface area contributed by atoms with Crippen LogP contribution in [0.15, 0.2) is 23.2 Å². The van der Waals surface area contributed by atoms with Gasteiger partial charge in [0.2, 0.25) is 0 Å². The van der Waals surface area contributed by atoms with Crippen molar-refractivity contribution in [2.75, 3.05) is 0 Å². The Balaban J connectivity index is 2.87. The molecule has 0 fully saturated rings. The van der Waals surface area contributed by atoms with Crippen LogP contribution in [0.4, 0.5) is 8.78 Å². The fourth-order valence-corrected chi connectivity index (χ4v) is 2.57. The van der Waals surface area contributed by atoms with E-state index in [-0.39, 0.29) is 15.4 Å². The Morgan fingerprint density at radius 3 is 2.53 bits per heavy atom. The van der Waals surface area contributed by atoms with Crippen LogP contribution in [0.5, 0.6) is 0 Å². The summed E-state index contributed by atoms with van der Waals surface area (Å²) in [6.45, 7) is 0. The molecule has 4 nitrogen and oxygen atoms in total. The molecular formula is C8H4Cl2F2N2O2S. The van der Waals surface area contributed by atoms with Gasteiger partial charge in [0.25, 0.3) is 15.5 Å². The SMILES string of the molecule is O=S(=O)(Cl)c1cnn2c(C(F)F)c(Cl)ccc12. The Morgan fingerprint density at radius 2 is 2.00 bits per heavy atom. The molecule has 0 unspecified atom stereocenters. The molecule has 2 rings (SSSR count). The molecule has 0 aliphatic heterocycles. The summed E-state index contributed by atoms with van der Waals surface area (Å²) in [6.07, 6.45) is -1.98. The third-order valence-corrected chi connectivity index (χ3v) is 3.76. The molecule has 0 amide bonds. The normalized spacial score (nSPS) is 12.5. The van der Waals surface area contributed by atoms with E-state index in [1.54, 1.807) is 0 Å². The molecule has 0 saturated carbocycles. The summed E-state index contributed by atoms with van der Waals surface area (Å²) in [4.78, 5) is -0.335.